The number of nitrogens with two attached hydrogens (primary N) is 1. The Labute approximate surface area is 194 Å². The van der Waals surface area contributed by atoms with Crippen molar-refractivity contribution in [2.45, 2.75) is 31.3 Å². The van der Waals surface area contributed by atoms with Crippen LogP contribution in [0.15, 0.2) is 66.9 Å². The molecule has 0 bridgehead atoms. The van der Waals surface area contributed by atoms with Crippen molar-refractivity contribution in [1.82, 2.24) is 15.2 Å². The van der Waals surface area contributed by atoms with E-state index in [2.05, 4.69) is 15.6 Å². The second-order valence-corrected chi connectivity index (χ2v) is 8.69. The molecule has 0 saturated carbocycles. The molecule has 2 heterocycles. The number of nitrogens with one attached hydrogen (secondary N) is 2. The first-order chi connectivity index (χ1) is 16.0. The zero-order chi connectivity index (χ0) is 23.2. The van der Waals surface area contributed by atoms with Gasteiger partial charge < -0.3 is 21.3 Å². The standard InChI is InChI=1S/C26H31N5O2/c1-31(26(33)23-13-19(15-27)16-28-23)24(12-11-18-7-3-2-4-8-18)25(32)30-21-14-20-9-5-6-10-22(20)29-17-21/h2-10,14,17,19,23-24,28H,11-13,15-16,27H2,1H3,(H,30,32)/t19-,23-,24-/m1/s1. The molecule has 4 rings (SSSR count). The third-order valence-electron chi connectivity index (χ3n) is 6.38. The Morgan fingerprint density at radius 1 is 1.18 bits per heavy atom. The number of rotatable bonds is 8. The number of carbonyl (C=O) groups is 2. The van der Waals surface area contributed by atoms with E-state index in [1.54, 1.807) is 18.1 Å². The monoisotopic (exact) mass is 445 g/mol. The molecule has 0 spiro atoms. The van der Waals surface area contributed by atoms with Crippen LogP contribution in [0.1, 0.15) is 18.4 Å². The van der Waals surface area contributed by atoms with Gasteiger partial charge in [0.25, 0.3) is 0 Å². The van der Waals surface area contributed by atoms with Crippen LogP contribution in [0.5, 0.6) is 0 Å². The summed E-state index contributed by atoms with van der Waals surface area (Å²) in [6.07, 6.45) is 3.56. The van der Waals surface area contributed by atoms with Crippen LogP contribution in [0, 0.1) is 5.92 Å². The number of pyridine rings is 1. The van der Waals surface area contributed by atoms with Crippen molar-refractivity contribution in [2.75, 3.05) is 25.5 Å². The number of aromatic nitrogens is 1. The third-order valence-corrected chi connectivity index (χ3v) is 6.38. The molecule has 0 radical (unpaired) electrons. The Morgan fingerprint density at radius 3 is 2.70 bits per heavy atom. The number of nitrogens with zero attached hydrogens (tertiary/aromatic N) is 2. The van der Waals surface area contributed by atoms with E-state index in [0.29, 0.717) is 31.5 Å². The fourth-order valence-electron chi connectivity index (χ4n) is 4.39. The van der Waals surface area contributed by atoms with Crippen molar-refractivity contribution in [2.24, 2.45) is 11.7 Å². The quantitative estimate of drug-likeness (QED) is 0.495. The first kappa shape index (κ1) is 22.9. The fraction of sp³-hybridized carbons (Fsp3) is 0.346. The van der Waals surface area contributed by atoms with Crippen LogP contribution in [0.4, 0.5) is 5.69 Å². The van der Waals surface area contributed by atoms with Gasteiger partial charge in [0.05, 0.1) is 23.4 Å². The van der Waals surface area contributed by atoms with Crippen LogP contribution in [0.25, 0.3) is 10.9 Å². The van der Waals surface area contributed by atoms with E-state index < -0.39 is 6.04 Å². The maximum atomic E-state index is 13.4. The minimum Gasteiger partial charge on any atom is -0.332 e. The molecule has 4 N–H and O–H groups in total. The summed E-state index contributed by atoms with van der Waals surface area (Å²) in [5.41, 5.74) is 8.40. The number of amides is 2. The summed E-state index contributed by atoms with van der Waals surface area (Å²) in [4.78, 5) is 32.6. The lowest BCUT2D eigenvalue weighted by atomic mass is 10.0. The van der Waals surface area contributed by atoms with Gasteiger partial charge in [-0.25, -0.2) is 0 Å². The number of hydrogen-bond donors (Lipinski definition) is 3. The average Bonchev–Trinajstić information content (AvgIpc) is 3.33. The molecule has 0 unspecified atom stereocenters. The summed E-state index contributed by atoms with van der Waals surface area (Å²) in [7, 11) is 1.72. The molecule has 172 valence electrons. The van der Waals surface area contributed by atoms with Crippen molar-refractivity contribution in [3.63, 3.8) is 0 Å². The molecule has 2 amide bonds. The number of anilines is 1. The molecule has 2 aromatic carbocycles. The molecule has 7 nitrogen and oxygen atoms in total. The second kappa shape index (κ2) is 10.6. The molecule has 1 aliphatic rings. The lowest BCUT2D eigenvalue weighted by Gasteiger charge is -2.29. The Kier molecular flexibility index (Phi) is 7.32. The first-order valence-electron chi connectivity index (χ1n) is 11.4. The molecule has 1 fully saturated rings. The number of para-hydroxylation sites is 1. The number of hydrogen-bond acceptors (Lipinski definition) is 5. The van der Waals surface area contributed by atoms with E-state index in [0.717, 1.165) is 23.0 Å². The molecule has 1 saturated heterocycles. The number of benzene rings is 2. The maximum absolute atomic E-state index is 13.4. The van der Waals surface area contributed by atoms with Gasteiger partial charge in [-0.15, -0.1) is 0 Å². The first-order valence-corrected chi connectivity index (χ1v) is 11.4. The highest BCUT2D eigenvalue weighted by Crippen LogP contribution is 2.20. The van der Waals surface area contributed by atoms with Gasteiger partial charge >= 0.3 is 0 Å². The van der Waals surface area contributed by atoms with Gasteiger partial charge in [0.1, 0.15) is 6.04 Å². The van der Waals surface area contributed by atoms with Gasteiger partial charge in [0, 0.05) is 12.4 Å². The van der Waals surface area contributed by atoms with Gasteiger partial charge in [0.2, 0.25) is 11.8 Å². The predicted octanol–water partition coefficient (Wildman–Crippen LogP) is 2.57. The van der Waals surface area contributed by atoms with Crippen molar-refractivity contribution in [3.05, 3.63) is 72.4 Å². The molecule has 7 heteroatoms. The molecular weight excluding hydrogens is 414 g/mol. The molecule has 1 aliphatic heterocycles. The van der Waals surface area contributed by atoms with Gasteiger partial charge in [-0.05, 0) is 56.0 Å². The Bertz CT molecular complexity index is 1100. The third kappa shape index (κ3) is 5.56. The summed E-state index contributed by atoms with van der Waals surface area (Å²) in [6, 6.07) is 18.7. The second-order valence-electron chi connectivity index (χ2n) is 8.69. The summed E-state index contributed by atoms with van der Waals surface area (Å²) in [5, 5.41) is 7.19. The van der Waals surface area contributed by atoms with Crippen molar-refractivity contribution in [1.29, 1.82) is 0 Å². The number of aryl methyl sites for hydroxylation is 1. The minimum atomic E-state index is -0.608. The summed E-state index contributed by atoms with van der Waals surface area (Å²) < 4.78 is 0. The maximum Gasteiger partial charge on any atom is 0.247 e. The average molecular weight is 446 g/mol. The Morgan fingerprint density at radius 2 is 1.94 bits per heavy atom. The Hall–Kier alpha value is -3.29. The van der Waals surface area contributed by atoms with Crippen LogP contribution in [0.3, 0.4) is 0 Å². The zero-order valence-corrected chi connectivity index (χ0v) is 18.9. The van der Waals surface area contributed by atoms with Crippen LogP contribution in [-0.2, 0) is 16.0 Å². The SMILES string of the molecule is CN(C(=O)[C@H]1C[C@H](CN)CN1)[C@H](CCc1ccccc1)C(=O)Nc1cnc2ccccc2c1. The molecule has 3 atom stereocenters. The minimum absolute atomic E-state index is 0.0733. The van der Waals surface area contributed by atoms with Crippen molar-refractivity contribution in [3.8, 4) is 0 Å². The fourth-order valence-corrected chi connectivity index (χ4v) is 4.39. The number of carbonyl (C=O) groups excluding carboxylic acids is 2. The Balaban J connectivity index is 1.51. The molecular formula is C26H31N5O2. The van der Waals surface area contributed by atoms with E-state index >= 15 is 0 Å². The van der Waals surface area contributed by atoms with Crippen molar-refractivity contribution < 1.29 is 9.59 Å². The topological polar surface area (TPSA) is 100 Å². The van der Waals surface area contributed by atoms with Crippen LogP contribution >= 0.6 is 0 Å². The molecule has 0 aliphatic carbocycles. The smallest absolute Gasteiger partial charge is 0.247 e. The van der Waals surface area contributed by atoms with Crippen LogP contribution in [0.2, 0.25) is 0 Å². The predicted molar refractivity (Wildman–Crippen MR) is 131 cm³/mol. The van der Waals surface area contributed by atoms with Crippen molar-refractivity contribution >= 4 is 28.4 Å². The largest absolute Gasteiger partial charge is 0.332 e. The number of likely N-dealkylation sites (N-methyl/N-ethyl adjacent to an activating group) is 1. The van der Waals surface area contributed by atoms with Gasteiger partial charge in [0.15, 0.2) is 0 Å². The summed E-state index contributed by atoms with van der Waals surface area (Å²) in [6.45, 7) is 1.28. The molecule has 3 aromatic rings. The highest BCUT2D eigenvalue weighted by Gasteiger charge is 2.35. The van der Waals surface area contributed by atoms with E-state index in [4.69, 9.17) is 5.73 Å². The molecule has 1 aromatic heterocycles. The highest BCUT2D eigenvalue weighted by molar-refractivity contribution is 5.99. The molecule has 33 heavy (non-hydrogen) atoms. The summed E-state index contributed by atoms with van der Waals surface area (Å²) in [5.74, 6) is -0.00403. The lowest BCUT2D eigenvalue weighted by molar-refractivity contribution is -0.138. The number of fused-ring (bicyclic) bond motifs is 1. The van der Waals surface area contributed by atoms with Gasteiger partial charge in [-0.2, -0.15) is 0 Å². The van der Waals surface area contributed by atoms with E-state index in [-0.39, 0.29) is 23.8 Å². The normalized spacial score (nSPS) is 18.7. The van der Waals surface area contributed by atoms with E-state index in [9.17, 15) is 9.59 Å². The van der Waals surface area contributed by atoms with E-state index in [1.807, 2.05) is 60.7 Å². The summed E-state index contributed by atoms with van der Waals surface area (Å²) >= 11 is 0. The lowest BCUT2D eigenvalue weighted by Crippen LogP contribution is -2.51. The highest BCUT2D eigenvalue weighted by atomic mass is 16.2. The van der Waals surface area contributed by atoms with Crippen LogP contribution in [-0.4, -0.2) is 53.9 Å². The zero-order valence-electron chi connectivity index (χ0n) is 18.9. The van der Waals surface area contributed by atoms with Gasteiger partial charge in [-0.3, -0.25) is 14.6 Å². The van der Waals surface area contributed by atoms with Gasteiger partial charge in [-0.1, -0.05) is 48.5 Å². The van der Waals surface area contributed by atoms with Crippen LogP contribution < -0.4 is 16.4 Å². The van der Waals surface area contributed by atoms with E-state index in [1.165, 1.54) is 0 Å².